The Hall–Kier alpha value is -1.59. The van der Waals surface area contributed by atoms with E-state index < -0.39 is 0 Å². The Morgan fingerprint density at radius 1 is 1.29 bits per heavy atom. The summed E-state index contributed by atoms with van der Waals surface area (Å²) in [4.78, 5) is 11.9. The first-order valence-corrected chi connectivity index (χ1v) is 9.12. The Bertz CT molecular complexity index is 555. The average Bonchev–Trinajstić information content (AvgIpc) is 3.04. The fourth-order valence-electron chi connectivity index (χ4n) is 3.70. The maximum absolute atomic E-state index is 11.9. The van der Waals surface area contributed by atoms with Gasteiger partial charge in [-0.1, -0.05) is 26.3 Å². The largest absolute Gasteiger partial charge is 0.382 e. The van der Waals surface area contributed by atoms with Gasteiger partial charge in [-0.2, -0.15) is 0 Å². The molecule has 1 aromatic rings. The third-order valence-electron chi connectivity index (χ3n) is 5.04. The van der Waals surface area contributed by atoms with Crippen molar-refractivity contribution in [1.29, 1.82) is 0 Å². The molecule has 132 valence electrons. The van der Waals surface area contributed by atoms with Gasteiger partial charge in [-0.25, -0.2) is 0 Å². The van der Waals surface area contributed by atoms with Gasteiger partial charge in [0.25, 0.3) is 0 Å². The standard InChI is InChI=1S/C19H29N3O2/c1-13(2)19(23)22-15-6-3-5-14(11-15)21-17-8-4-7-16(17)18-12-24-10-9-20-18/h3,5-6,11,13,16-18,20-21H,4,7-10,12H2,1-2H3,(H,22,23). The van der Waals surface area contributed by atoms with Crippen LogP contribution in [0.5, 0.6) is 0 Å². The summed E-state index contributed by atoms with van der Waals surface area (Å²) < 4.78 is 5.64. The average molecular weight is 331 g/mol. The SMILES string of the molecule is CC(C)C(=O)Nc1cccc(NC2CCCC2C2COCCN2)c1. The number of rotatable bonds is 5. The fraction of sp³-hybridized carbons (Fsp3) is 0.632. The van der Waals surface area contributed by atoms with E-state index in [0.717, 1.165) is 31.1 Å². The molecule has 1 heterocycles. The van der Waals surface area contributed by atoms with Gasteiger partial charge in [-0.05, 0) is 37.0 Å². The molecule has 0 radical (unpaired) electrons. The summed E-state index contributed by atoms with van der Waals surface area (Å²) in [5.74, 6) is 0.631. The van der Waals surface area contributed by atoms with Crippen LogP contribution in [0.2, 0.25) is 0 Å². The molecule has 1 saturated carbocycles. The number of carbonyl (C=O) groups excluding carboxylic acids is 1. The van der Waals surface area contributed by atoms with E-state index in [4.69, 9.17) is 4.74 Å². The molecular weight excluding hydrogens is 302 g/mol. The summed E-state index contributed by atoms with van der Waals surface area (Å²) in [6.07, 6.45) is 3.68. The maximum atomic E-state index is 11.9. The van der Waals surface area contributed by atoms with Crippen LogP contribution in [-0.2, 0) is 9.53 Å². The molecule has 0 aromatic heterocycles. The Labute approximate surface area is 144 Å². The molecule has 24 heavy (non-hydrogen) atoms. The normalized spacial score (nSPS) is 27.2. The number of morpholine rings is 1. The molecule has 5 nitrogen and oxygen atoms in total. The second-order valence-corrected chi connectivity index (χ2v) is 7.21. The van der Waals surface area contributed by atoms with Crippen molar-refractivity contribution in [2.45, 2.75) is 45.2 Å². The zero-order chi connectivity index (χ0) is 16.9. The number of ether oxygens (including phenoxy) is 1. The molecule has 1 aromatic carbocycles. The van der Waals surface area contributed by atoms with Gasteiger partial charge in [0.15, 0.2) is 0 Å². The number of benzene rings is 1. The predicted molar refractivity (Wildman–Crippen MR) is 97.3 cm³/mol. The van der Waals surface area contributed by atoms with Gasteiger partial charge in [0.05, 0.1) is 13.2 Å². The lowest BCUT2D eigenvalue weighted by Crippen LogP contribution is -2.49. The summed E-state index contributed by atoms with van der Waals surface area (Å²) in [6, 6.07) is 8.94. The molecule has 1 amide bonds. The summed E-state index contributed by atoms with van der Waals surface area (Å²) in [7, 11) is 0. The van der Waals surface area contributed by atoms with E-state index in [2.05, 4.69) is 22.0 Å². The summed E-state index contributed by atoms with van der Waals surface area (Å²) in [5, 5.41) is 10.3. The van der Waals surface area contributed by atoms with Crippen LogP contribution in [0.25, 0.3) is 0 Å². The molecule has 3 N–H and O–H groups in total. The number of anilines is 2. The van der Waals surface area contributed by atoms with Crippen molar-refractivity contribution >= 4 is 17.3 Å². The predicted octanol–water partition coefficient (Wildman–Crippen LogP) is 2.85. The van der Waals surface area contributed by atoms with E-state index >= 15 is 0 Å². The highest BCUT2D eigenvalue weighted by Gasteiger charge is 2.34. The molecule has 1 aliphatic carbocycles. The number of nitrogens with one attached hydrogen (secondary N) is 3. The molecule has 3 rings (SSSR count). The number of hydrogen-bond donors (Lipinski definition) is 3. The minimum Gasteiger partial charge on any atom is -0.382 e. The van der Waals surface area contributed by atoms with Crippen molar-refractivity contribution < 1.29 is 9.53 Å². The van der Waals surface area contributed by atoms with E-state index in [1.54, 1.807) is 0 Å². The highest BCUT2D eigenvalue weighted by Crippen LogP contribution is 2.32. The van der Waals surface area contributed by atoms with Gasteiger partial charge in [0.2, 0.25) is 5.91 Å². The Kier molecular flexibility index (Phi) is 5.74. The van der Waals surface area contributed by atoms with Crippen LogP contribution in [-0.4, -0.2) is 37.7 Å². The second-order valence-electron chi connectivity index (χ2n) is 7.21. The highest BCUT2D eigenvalue weighted by molar-refractivity contribution is 5.92. The number of hydrogen-bond acceptors (Lipinski definition) is 4. The van der Waals surface area contributed by atoms with Crippen LogP contribution in [0.4, 0.5) is 11.4 Å². The Morgan fingerprint density at radius 2 is 2.12 bits per heavy atom. The summed E-state index contributed by atoms with van der Waals surface area (Å²) in [5.41, 5.74) is 1.93. The third-order valence-corrected chi connectivity index (χ3v) is 5.04. The first kappa shape index (κ1) is 17.2. The molecule has 0 spiro atoms. The van der Waals surface area contributed by atoms with Gasteiger partial charge < -0.3 is 20.7 Å². The molecule has 3 unspecified atom stereocenters. The third kappa shape index (κ3) is 4.28. The minimum absolute atomic E-state index is 0.0156. The van der Waals surface area contributed by atoms with Crippen molar-refractivity contribution in [3.63, 3.8) is 0 Å². The van der Waals surface area contributed by atoms with E-state index in [-0.39, 0.29) is 11.8 Å². The first-order valence-electron chi connectivity index (χ1n) is 9.12. The number of carbonyl (C=O) groups is 1. The second kappa shape index (κ2) is 7.99. The van der Waals surface area contributed by atoms with Crippen LogP contribution in [0.15, 0.2) is 24.3 Å². The van der Waals surface area contributed by atoms with Gasteiger partial charge in [0, 0.05) is 35.9 Å². The zero-order valence-corrected chi connectivity index (χ0v) is 14.7. The van der Waals surface area contributed by atoms with Crippen LogP contribution in [0.1, 0.15) is 33.1 Å². The first-order chi connectivity index (χ1) is 11.6. The quantitative estimate of drug-likeness (QED) is 0.776. The van der Waals surface area contributed by atoms with Crippen LogP contribution >= 0.6 is 0 Å². The fourth-order valence-corrected chi connectivity index (χ4v) is 3.70. The van der Waals surface area contributed by atoms with Crippen molar-refractivity contribution in [2.75, 3.05) is 30.4 Å². The summed E-state index contributed by atoms with van der Waals surface area (Å²) >= 11 is 0. The molecule has 3 atom stereocenters. The lowest BCUT2D eigenvalue weighted by atomic mass is 9.94. The van der Waals surface area contributed by atoms with Crippen molar-refractivity contribution in [2.24, 2.45) is 11.8 Å². The van der Waals surface area contributed by atoms with Crippen LogP contribution in [0.3, 0.4) is 0 Å². The molecule has 1 aliphatic heterocycles. The smallest absolute Gasteiger partial charge is 0.226 e. The Balaban J connectivity index is 1.63. The topological polar surface area (TPSA) is 62.4 Å². The van der Waals surface area contributed by atoms with Crippen molar-refractivity contribution in [3.05, 3.63) is 24.3 Å². The van der Waals surface area contributed by atoms with Gasteiger partial charge in [0.1, 0.15) is 0 Å². The zero-order valence-electron chi connectivity index (χ0n) is 14.7. The number of amides is 1. The lowest BCUT2D eigenvalue weighted by molar-refractivity contribution is -0.118. The molecule has 2 aliphatic rings. The minimum atomic E-state index is -0.0156. The van der Waals surface area contributed by atoms with E-state index in [0.29, 0.717) is 18.0 Å². The van der Waals surface area contributed by atoms with Gasteiger partial charge >= 0.3 is 0 Å². The lowest BCUT2D eigenvalue weighted by Gasteiger charge is -2.33. The van der Waals surface area contributed by atoms with E-state index in [1.165, 1.54) is 19.3 Å². The van der Waals surface area contributed by atoms with Crippen molar-refractivity contribution in [1.82, 2.24) is 5.32 Å². The molecule has 0 bridgehead atoms. The van der Waals surface area contributed by atoms with Crippen LogP contribution < -0.4 is 16.0 Å². The van der Waals surface area contributed by atoms with Crippen molar-refractivity contribution in [3.8, 4) is 0 Å². The highest BCUT2D eigenvalue weighted by atomic mass is 16.5. The summed E-state index contributed by atoms with van der Waals surface area (Å²) in [6.45, 7) is 6.39. The molecule has 1 saturated heterocycles. The van der Waals surface area contributed by atoms with Gasteiger partial charge in [-0.3, -0.25) is 4.79 Å². The monoisotopic (exact) mass is 331 g/mol. The van der Waals surface area contributed by atoms with Crippen LogP contribution in [0, 0.1) is 11.8 Å². The molecule has 5 heteroatoms. The van der Waals surface area contributed by atoms with E-state index in [1.807, 2.05) is 32.0 Å². The molecular formula is C19H29N3O2. The van der Waals surface area contributed by atoms with E-state index in [9.17, 15) is 4.79 Å². The Morgan fingerprint density at radius 3 is 2.88 bits per heavy atom. The maximum Gasteiger partial charge on any atom is 0.226 e. The molecule has 2 fully saturated rings. The van der Waals surface area contributed by atoms with Gasteiger partial charge in [-0.15, -0.1) is 0 Å².